The number of nitrogens with zero attached hydrogens (tertiary/aromatic N) is 2. The maximum atomic E-state index is 12.0. The van der Waals surface area contributed by atoms with Crippen LogP contribution in [0.2, 0.25) is 0 Å². The van der Waals surface area contributed by atoms with Gasteiger partial charge in [0.15, 0.2) is 5.96 Å². The summed E-state index contributed by atoms with van der Waals surface area (Å²) in [6.45, 7) is 5.03. The smallest absolute Gasteiger partial charge is 0.225 e. The third-order valence-electron chi connectivity index (χ3n) is 6.07. The monoisotopic (exact) mass is 553 g/mol. The van der Waals surface area contributed by atoms with Crippen LogP contribution in [0.3, 0.4) is 0 Å². The number of rotatable bonds is 6. The summed E-state index contributed by atoms with van der Waals surface area (Å²) in [6, 6.07) is 12.4. The van der Waals surface area contributed by atoms with E-state index in [4.69, 9.17) is 0 Å². The lowest BCUT2D eigenvalue weighted by atomic mass is 9.90. The number of hydrogen-bond acceptors (Lipinski definition) is 4. The number of carbonyl (C=O) groups is 1. The molecule has 0 spiro atoms. The number of hydrogen-bond donors (Lipinski definition) is 3. The van der Waals surface area contributed by atoms with Gasteiger partial charge in [-0.1, -0.05) is 24.3 Å². The second kappa shape index (κ2) is 11.8. The summed E-state index contributed by atoms with van der Waals surface area (Å²) in [5.74, 6) is 1.73. The van der Waals surface area contributed by atoms with Gasteiger partial charge in [-0.25, -0.2) is 0 Å². The van der Waals surface area contributed by atoms with E-state index in [0.717, 1.165) is 37.8 Å². The van der Waals surface area contributed by atoms with Gasteiger partial charge < -0.3 is 16.0 Å². The second-order valence-electron chi connectivity index (χ2n) is 8.17. The molecule has 3 N–H and O–H groups in total. The minimum Gasteiger partial charge on any atom is -0.356 e. The predicted octanol–water partition coefficient (Wildman–Crippen LogP) is 3.87. The van der Waals surface area contributed by atoms with Crippen molar-refractivity contribution in [2.75, 3.05) is 38.5 Å². The summed E-state index contributed by atoms with van der Waals surface area (Å²) >= 11 is 1.84. The molecule has 0 bridgehead atoms. The van der Waals surface area contributed by atoms with E-state index in [1.54, 1.807) is 7.05 Å². The Hall–Kier alpha value is -1.65. The lowest BCUT2D eigenvalue weighted by Gasteiger charge is -2.32. The number of carbonyl (C=O) groups excluding carboxylic acids is 1. The SMILES string of the molecule is CN=C(NCC1CCN(Cc2cccs2)CC1)NCC1CC(=O)Nc2ccccc21.I. The molecule has 2 aliphatic heterocycles. The number of anilines is 1. The highest BCUT2D eigenvalue weighted by molar-refractivity contribution is 14.0. The highest BCUT2D eigenvalue weighted by atomic mass is 127. The highest BCUT2D eigenvalue weighted by Crippen LogP contribution is 2.31. The molecule has 0 radical (unpaired) electrons. The van der Waals surface area contributed by atoms with E-state index in [1.807, 2.05) is 29.5 Å². The normalized spacial score (nSPS) is 19.8. The van der Waals surface area contributed by atoms with Gasteiger partial charge in [-0.05, 0) is 54.9 Å². The van der Waals surface area contributed by atoms with Crippen LogP contribution in [-0.4, -0.2) is 50.0 Å². The molecule has 2 aliphatic rings. The number of fused-ring (bicyclic) bond motifs is 1. The molecular weight excluding hydrogens is 521 g/mol. The third-order valence-corrected chi connectivity index (χ3v) is 6.93. The molecule has 1 aromatic carbocycles. The Labute approximate surface area is 205 Å². The van der Waals surface area contributed by atoms with Crippen LogP contribution >= 0.6 is 35.3 Å². The Kier molecular flexibility index (Phi) is 9.15. The Morgan fingerprint density at radius 1 is 1.16 bits per heavy atom. The van der Waals surface area contributed by atoms with E-state index in [-0.39, 0.29) is 35.8 Å². The van der Waals surface area contributed by atoms with Gasteiger partial charge >= 0.3 is 0 Å². The van der Waals surface area contributed by atoms with E-state index >= 15 is 0 Å². The van der Waals surface area contributed by atoms with Gasteiger partial charge in [0, 0.05) is 49.6 Å². The number of nitrogens with one attached hydrogen (secondary N) is 3. The Bertz CT molecular complexity index is 865. The molecule has 1 atom stereocenters. The molecule has 8 heteroatoms. The number of halogens is 1. The van der Waals surface area contributed by atoms with E-state index in [1.165, 1.54) is 23.3 Å². The van der Waals surface area contributed by atoms with Crippen molar-refractivity contribution in [1.29, 1.82) is 0 Å². The van der Waals surface area contributed by atoms with Crippen LogP contribution in [0.4, 0.5) is 5.69 Å². The first-order valence-corrected chi connectivity index (χ1v) is 11.7. The standard InChI is InChI=1S/C23H31N5OS.HI/c1-24-23(26-15-18-13-22(29)27-21-7-3-2-6-20(18)21)25-14-17-8-10-28(11-9-17)16-19-5-4-12-30-19;/h2-7,12,17-18H,8-11,13-16H2,1H3,(H,27,29)(H2,24,25,26);1H. The van der Waals surface area contributed by atoms with Crippen molar-refractivity contribution in [3.8, 4) is 0 Å². The molecule has 1 fully saturated rings. The van der Waals surface area contributed by atoms with E-state index in [2.05, 4.69) is 49.4 Å². The lowest BCUT2D eigenvalue weighted by molar-refractivity contribution is -0.116. The van der Waals surface area contributed by atoms with Crippen molar-refractivity contribution < 1.29 is 4.79 Å². The molecule has 1 saturated heterocycles. The number of likely N-dealkylation sites (tertiary alicyclic amines) is 1. The van der Waals surface area contributed by atoms with Crippen LogP contribution in [-0.2, 0) is 11.3 Å². The summed E-state index contributed by atoms with van der Waals surface area (Å²) in [4.78, 5) is 20.4. The second-order valence-corrected chi connectivity index (χ2v) is 9.20. The molecule has 1 aromatic heterocycles. The quantitative estimate of drug-likeness (QED) is 0.289. The number of amides is 1. The topological polar surface area (TPSA) is 68.8 Å². The first kappa shape index (κ1) is 24.0. The zero-order valence-corrected chi connectivity index (χ0v) is 21.1. The van der Waals surface area contributed by atoms with Crippen molar-refractivity contribution >= 4 is 52.9 Å². The van der Waals surface area contributed by atoms with E-state index in [9.17, 15) is 4.79 Å². The molecule has 3 heterocycles. The molecule has 1 unspecified atom stereocenters. The zero-order valence-electron chi connectivity index (χ0n) is 18.0. The van der Waals surface area contributed by atoms with Gasteiger partial charge in [-0.15, -0.1) is 35.3 Å². The molecule has 6 nitrogen and oxygen atoms in total. The van der Waals surface area contributed by atoms with Crippen molar-refractivity contribution in [2.24, 2.45) is 10.9 Å². The largest absolute Gasteiger partial charge is 0.356 e. The van der Waals surface area contributed by atoms with E-state index < -0.39 is 0 Å². The molecule has 0 aliphatic carbocycles. The number of para-hydroxylation sites is 1. The summed E-state index contributed by atoms with van der Waals surface area (Å²) in [7, 11) is 1.81. The summed E-state index contributed by atoms with van der Waals surface area (Å²) in [6.07, 6.45) is 2.93. The maximum Gasteiger partial charge on any atom is 0.225 e. The zero-order chi connectivity index (χ0) is 20.8. The van der Waals surface area contributed by atoms with Gasteiger partial charge in [0.2, 0.25) is 5.91 Å². The molecular formula is C23H32IN5OS. The lowest BCUT2D eigenvalue weighted by Crippen LogP contribution is -2.44. The number of guanidine groups is 1. The van der Waals surface area contributed by atoms with Crippen LogP contribution in [0, 0.1) is 5.92 Å². The molecule has 1 amide bonds. The number of benzene rings is 1. The number of thiophene rings is 1. The van der Waals surface area contributed by atoms with Gasteiger partial charge in [-0.2, -0.15) is 0 Å². The van der Waals surface area contributed by atoms with Crippen LogP contribution in [0.5, 0.6) is 0 Å². The van der Waals surface area contributed by atoms with Gasteiger partial charge in [0.25, 0.3) is 0 Å². The fourth-order valence-corrected chi connectivity index (χ4v) is 5.08. The number of piperidine rings is 1. The van der Waals surface area contributed by atoms with Crippen molar-refractivity contribution in [1.82, 2.24) is 15.5 Å². The van der Waals surface area contributed by atoms with Gasteiger partial charge in [-0.3, -0.25) is 14.7 Å². The first-order valence-electron chi connectivity index (χ1n) is 10.8. The van der Waals surface area contributed by atoms with Gasteiger partial charge in [0.1, 0.15) is 0 Å². The molecule has 0 saturated carbocycles. The Morgan fingerprint density at radius 3 is 2.68 bits per heavy atom. The van der Waals surface area contributed by atoms with Crippen molar-refractivity contribution in [3.63, 3.8) is 0 Å². The molecule has 2 aromatic rings. The maximum absolute atomic E-state index is 12.0. The summed E-state index contributed by atoms with van der Waals surface area (Å²) in [5, 5.41) is 12.0. The van der Waals surface area contributed by atoms with Crippen molar-refractivity contribution in [2.45, 2.75) is 31.7 Å². The van der Waals surface area contributed by atoms with Crippen LogP contribution in [0.15, 0.2) is 46.8 Å². The highest BCUT2D eigenvalue weighted by Gasteiger charge is 2.25. The van der Waals surface area contributed by atoms with Crippen molar-refractivity contribution in [3.05, 3.63) is 52.2 Å². The Balaban J connectivity index is 0.00000272. The minimum absolute atomic E-state index is 0. The molecule has 4 rings (SSSR count). The minimum atomic E-state index is 0. The third kappa shape index (κ3) is 6.66. The molecule has 168 valence electrons. The van der Waals surface area contributed by atoms with Crippen LogP contribution in [0.25, 0.3) is 0 Å². The Morgan fingerprint density at radius 2 is 1.94 bits per heavy atom. The molecule has 31 heavy (non-hydrogen) atoms. The predicted molar refractivity (Wildman–Crippen MR) is 140 cm³/mol. The average molecular weight is 554 g/mol. The average Bonchev–Trinajstić information content (AvgIpc) is 3.28. The number of aliphatic imine (C=N–C) groups is 1. The fourth-order valence-electron chi connectivity index (χ4n) is 4.34. The first-order chi connectivity index (χ1) is 14.7. The fraction of sp³-hybridized carbons (Fsp3) is 0.478. The summed E-state index contributed by atoms with van der Waals surface area (Å²) in [5.41, 5.74) is 2.12. The van der Waals surface area contributed by atoms with E-state index in [0.29, 0.717) is 18.9 Å². The van der Waals surface area contributed by atoms with Crippen LogP contribution < -0.4 is 16.0 Å². The summed E-state index contributed by atoms with van der Waals surface area (Å²) < 4.78 is 0. The van der Waals surface area contributed by atoms with Crippen LogP contribution in [0.1, 0.15) is 35.6 Å². The van der Waals surface area contributed by atoms with Gasteiger partial charge in [0.05, 0.1) is 0 Å².